The Morgan fingerprint density at radius 3 is 2.00 bits per heavy atom. The van der Waals surface area contributed by atoms with Crippen LogP contribution in [0.15, 0.2) is 6.07 Å². The van der Waals surface area contributed by atoms with Crippen molar-refractivity contribution in [3.63, 3.8) is 0 Å². The topological polar surface area (TPSA) is 54.0 Å². The largest absolute Gasteiger partial charge is 0.349 e. The van der Waals surface area contributed by atoms with E-state index in [2.05, 4.69) is 0 Å². The molecule has 1 aromatic rings. The number of carbonyl (C=O) groups is 1. The average Bonchev–Trinajstić information content (AvgIpc) is 2.45. The lowest BCUT2D eigenvalue weighted by molar-refractivity contribution is -0.253. The normalized spacial score (nSPS) is 20.4. The number of aldehydes is 1. The van der Waals surface area contributed by atoms with E-state index in [1.54, 1.807) is 28.4 Å². The zero-order valence-electron chi connectivity index (χ0n) is 12.1. The van der Waals surface area contributed by atoms with Crippen molar-refractivity contribution >= 4 is 6.29 Å². The Kier molecular flexibility index (Phi) is 2.99. The van der Waals surface area contributed by atoms with Crippen molar-refractivity contribution in [2.24, 2.45) is 0 Å². The minimum Gasteiger partial charge on any atom is -0.349 e. The van der Waals surface area contributed by atoms with Crippen molar-refractivity contribution in [1.82, 2.24) is 0 Å². The first-order valence-electron chi connectivity index (χ1n) is 6.47. The van der Waals surface area contributed by atoms with Crippen LogP contribution in [0, 0.1) is 0 Å². The molecule has 0 spiro atoms. The highest BCUT2D eigenvalue weighted by Crippen LogP contribution is 2.55. The van der Waals surface area contributed by atoms with Crippen LogP contribution in [-0.2, 0) is 43.4 Å². The van der Waals surface area contributed by atoms with Gasteiger partial charge < -0.3 is 18.9 Å². The Labute approximate surface area is 117 Å². The van der Waals surface area contributed by atoms with Crippen LogP contribution < -0.4 is 0 Å². The molecule has 2 aliphatic carbocycles. The second kappa shape index (κ2) is 4.36. The average molecular weight is 278 g/mol. The fourth-order valence-electron chi connectivity index (χ4n) is 3.40. The van der Waals surface area contributed by atoms with Crippen molar-refractivity contribution in [3.8, 4) is 0 Å². The van der Waals surface area contributed by atoms with E-state index in [1.807, 2.05) is 6.07 Å². The molecular formula is C15H18O5. The summed E-state index contributed by atoms with van der Waals surface area (Å²) in [6.45, 7) is 0. The highest BCUT2D eigenvalue weighted by Gasteiger charge is 2.56. The molecule has 0 radical (unpaired) electrons. The molecule has 0 fully saturated rings. The number of methoxy groups -OCH3 is 4. The van der Waals surface area contributed by atoms with Gasteiger partial charge in [0.25, 0.3) is 0 Å². The van der Waals surface area contributed by atoms with Gasteiger partial charge in [-0.1, -0.05) is 0 Å². The van der Waals surface area contributed by atoms with Crippen LogP contribution in [0.3, 0.4) is 0 Å². The van der Waals surface area contributed by atoms with Gasteiger partial charge in [0.1, 0.15) is 6.29 Å². The second-order valence-corrected chi connectivity index (χ2v) is 5.15. The molecule has 5 heteroatoms. The Morgan fingerprint density at radius 1 is 0.950 bits per heavy atom. The van der Waals surface area contributed by atoms with Crippen LogP contribution in [-0.4, -0.2) is 34.7 Å². The molecule has 0 aromatic heterocycles. The van der Waals surface area contributed by atoms with Crippen molar-refractivity contribution in [3.05, 3.63) is 33.9 Å². The van der Waals surface area contributed by atoms with Gasteiger partial charge in [-0.2, -0.15) is 0 Å². The third-order valence-electron chi connectivity index (χ3n) is 4.59. The van der Waals surface area contributed by atoms with Crippen LogP contribution in [0.5, 0.6) is 0 Å². The molecule has 0 unspecified atom stereocenters. The molecule has 0 amide bonds. The molecule has 2 aliphatic rings. The Hall–Kier alpha value is -1.27. The SMILES string of the molecule is COC1(OC)Cc2cc(C=O)c3c(c21)C(OC)(OC)C3. The van der Waals surface area contributed by atoms with Gasteiger partial charge in [0.2, 0.25) is 0 Å². The summed E-state index contributed by atoms with van der Waals surface area (Å²) in [6.07, 6.45) is 2.06. The summed E-state index contributed by atoms with van der Waals surface area (Å²) in [4.78, 5) is 11.2. The number of hydrogen-bond acceptors (Lipinski definition) is 5. The monoisotopic (exact) mass is 278 g/mol. The number of carbonyl (C=O) groups excluding carboxylic acids is 1. The number of hydrogen-bond donors (Lipinski definition) is 0. The van der Waals surface area contributed by atoms with Gasteiger partial charge in [-0.3, -0.25) is 4.79 Å². The predicted molar refractivity (Wildman–Crippen MR) is 70.6 cm³/mol. The summed E-state index contributed by atoms with van der Waals surface area (Å²) in [5.41, 5.74) is 4.53. The summed E-state index contributed by atoms with van der Waals surface area (Å²) in [6, 6.07) is 1.91. The van der Waals surface area contributed by atoms with Gasteiger partial charge in [0.15, 0.2) is 11.6 Å². The molecule has 0 atom stereocenters. The molecule has 0 N–H and O–H groups in total. The summed E-state index contributed by atoms with van der Waals surface area (Å²) < 4.78 is 22.2. The van der Waals surface area contributed by atoms with Crippen LogP contribution >= 0.6 is 0 Å². The molecule has 3 rings (SSSR count). The minimum absolute atomic E-state index is 0.556. The number of ether oxygens (including phenoxy) is 4. The van der Waals surface area contributed by atoms with E-state index in [4.69, 9.17) is 18.9 Å². The van der Waals surface area contributed by atoms with Crippen LogP contribution in [0.1, 0.15) is 32.6 Å². The zero-order chi connectivity index (χ0) is 14.5. The fourth-order valence-corrected chi connectivity index (χ4v) is 3.40. The van der Waals surface area contributed by atoms with E-state index < -0.39 is 11.6 Å². The van der Waals surface area contributed by atoms with E-state index in [0.29, 0.717) is 18.4 Å². The Morgan fingerprint density at radius 2 is 1.50 bits per heavy atom. The smallest absolute Gasteiger partial charge is 0.199 e. The Balaban J connectivity index is 2.24. The molecule has 108 valence electrons. The van der Waals surface area contributed by atoms with Gasteiger partial charge in [-0.25, -0.2) is 0 Å². The molecule has 0 bridgehead atoms. The zero-order valence-corrected chi connectivity index (χ0v) is 12.1. The molecule has 5 nitrogen and oxygen atoms in total. The van der Waals surface area contributed by atoms with E-state index in [0.717, 1.165) is 28.5 Å². The highest BCUT2D eigenvalue weighted by atomic mass is 16.7. The first kappa shape index (κ1) is 13.7. The van der Waals surface area contributed by atoms with Crippen molar-refractivity contribution in [2.45, 2.75) is 24.4 Å². The lowest BCUT2D eigenvalue weighted by Gasteiger charge is -2.51. The standard InChI is InChI=1S/C15H18O5/c1-17-14(18-2)6-9-5-10(8-16)11-7-15(19-3,20-4)13(11)12(9)14/h5,8H,6-7H2,1-4H3. The summed E-state index contributed by atoms with van der Waals surface area (Å²) in [7, 11) is 6.44. The lowest BCUT2D eigenvalue weighted by Crippen LogP contribution is -2.52. The molecule has 0 heterocycles. The van der Waals surface area contributed by atoms with Crippen LogP contribution in [0.25, 0.3) is 0 Å². The van der Waals surface area contributed by atoms with E-state index in [1.165, 1.54) is 0 Å². The first-order chi connectivity index (χ1) is 9.61. The second-order valence-electron chi connectivity index (χ2n) is 5.15. The summed E-state index contributed by atoms with van der Waals surface area (Å²) in [5.74, 6) is -1.56. The van der Waals surface area contributed by atoms with Gasteiger partial charge >= 0.3 is 0 Å². The van der Waals surface area contributed by atoms with E-state index in [-0.39, 0.29) is 0 Å². The summed E-state index contributed by atoms with van der Waals surface area (Å²) in [5, 5.41) is 0. The minimum atomic E-state index is -0.804. The molecular weight excluding hydrogens is 260 g/mol. The number of rotatable bonds is 5. The highest BCUT2D eigenvalue weighted by molar-refractivity contribution is 5.82. The quantitative estimate of drug-likeness (QED) is 0.603. The van der Waals surface area contributed by atoms with Crippen LogP contribution in [0.4, 0.5) is 0 Å². The maximum Gasteiger partial charge on any atom is 0.199 e. The molecule has 20 heavy (non-hydrogen) atoms. The number of benzene rings is 1. The lowest BCUT2D eigenvalue weighted by atomic mass is 9.66. The first-order valence-corrected chi connectivity index (χ1v) is 6.47. The van der Waals surface area contributed by atoms with Crippen molar-refractivity contribution in [1.29, 1.82) is 0 Å². The Bertz CT molecular complexity index is 570. The number of fused-ring (bicyclic) bond motifs is 3. The fraction of sp³-hybridized carbons (Fsp3) is 0.533. The molecule has 0 saturated carbocycles. The van der Waals surface area contributed by atoms with Crippen molar-refractivity contribution < 1.29 is 23.7 Å². The third kappa shape index (κ3) is 1.38. The van der Waals surface area contributed by atoms with E-state index >= 15 is 0 Å². The molecule has 1 aromatic carbocycles. The van der Waals surface area contributed by atoms with Gasteiger partial charge in [0.05, 0.1) is 0 Å². The molecule has 0 saturated heterocycles. The van der Waals surface area contributed by atoms with Gasteiger partial charge in [-0.15, -0.1) is 0 Å². The van der Waals surface area contributed by atoms with Gasteiger partial charge in [-0.05, 0) is 17.2 Å². The van der Waals surface area contributed by atoms with Crippen molar-refractivity contribution in [2.75, 3.05) is 28.4 Å². The van der Waals surface area contributed by atoms with E-state index in [9.17, 15) is 4.79 Å². The molecule has 0 aliphatic heterocycles. The van der Waals surface area contributed by atoms with Gasteiger partial charge in [0, 0.05) is 58.0 Å². The van der Waals surface area contributed by atoms with Crippen LogP contribution in [0.2, 0.25) is 0 Å². The third-order valence-corrected chi connectivity index (χ3v) is 4.59. The maximum absolute atomic E-state index is 11.2. The maximum atomic E-state index is 11.2. The predicted octanol–water partition coefficient (Wildman–Crippen LogP) is 1.50. The summed E-state index contributed by atoms with van der Waals surface area (Å²) >= 11 is 0.